The monoisotopic (exact) mass is 340 g/mol. The Morgan fingerprint density at radius 3 is 2.04 bits per heavy atom. The van der Waals surface area contributed by atoms with E-state index in [1.165, 1.54) is 43.0 Å². The second-order valence-electron chi connectivity index (χ2n) is 7.87. The molecule has 2 aromatic rings. The Kier molecular flexibility index (Phi) is 5.30. The highest BCUT2D eigenvalue weighted by atomic mass is 31.1. The van der Waals surface area contributed by atoms with Gasteiger partial charge < -0.3 is 5.11 Å². The molecule has 1 aliphatic rings. The van der Waals surface area contributed by atoms with Gasteiger partial charge in [0.15, 0.2) is 0 Å². The SMILES string of the molecule is CC(C)(C)P(c1ccccc1-c1ccccc1O)C1CCCCC1. The molecule has 0 aliphatic heterocycles. The molecule has 1 fully saturated rings. The number of hydrogen-bond acceptors (Lipinski definition) is 1. The summed E-state index contributed by atoms with van der Waals surface area (Å²) in [5.74, 6) is 0.387. The number of para-hydroxylation sites is 1. The summed E-state index contributed by atoms with van der Waals surface area (Å²) < 4.78 is 0. The highest BCUT2D eigenvalue weighted by molar-refractivity contribution is 7.68. The van der Waals surface area contributed by atoms with E-state index in [2.05, 4.69) is 45.0 Å². The molecular formula is C22H29OP. The highest BCUT2D eigenvalue weighted by Gasteiger charge is 2.35. The highest BCUT2D eigenvalue weighted by Crippen LogP contribution is 2.57. The first kappa shape index (κ1) is 17.5. The van der Waals surface area contributed by atoms with Gasteiger partial charge in [0, 0.05) is 5.56 Å². The molecule has 2 aromatic carbocycles. The number of phenols is 1. The maximum atomic E-state index is 10.4. The summed E-state index contributed by atoms with van der Waals surface area (Å²) >= 11 is 0. The lowest BCUT2D eigenvalue weighted by Gasteiger charge is -2.41. The van der Waals surface area contributed by atoms with Gasteiger partial charge in [-0.05, 0) is 40.6 Å². The van der Waals surface area contributed by atoms with Crippen LogP contribution in [0.4, 0.5) is 0 Å². The summed E-state index contributed by atoms with van der Waals surface area (Å²) in [7, 11) is -0.283. The molecule has 0 saturated heterocycles. The molecule has 3 rings (SSSR count). The van der Waals surface area contributed by atoms with Crippen molar-refractivity contribution in [1.82, 2.24) is 0 Å². The third kappa shape index (κ3) is 3.67. The standard InChI is InChI=1S/C22H29OP/c1-22(2,3)24(17-11-5-4-6-12-17)21-16-10-8-14-19(21)18-13-7-9-15-20(18)23/h7-10,13-17,23H,4-6,11-12H2,1-3H3. The van der Waals surface area contributed by atoms with Crippen LogP contribution in [0.5, 0.6) is 5.75 Å². The fourth-order valence-electron chi connectivity index (χ4n) is 4.06. The Morgan fingerprint density at radius 1 is 0.833 bits per heavy atom. The van der Waals surface area contributed by atoms with Crippen LogP contribution in [0.3, 0.4) is 0 Å². The van der Waals surface area contributed by atoms with Crippen LogP contribution >= 0.6 is 7.92 Å². The zero-order chi connectivity index (χ0) is 17.2. The van der Waals surface area contributed by atoms with Crippen LogP contribution in [-0.4, -0.2) is 15.9 Å². The molecule has 0 radical (unpaired) electrons. The first-order chi connectivity index (χ1) is 11.5. The van der Waals surface area contributed by atoms with E-state index < -0.39 is 0 Å². The van der Waals surface area contributed by atoms with E-state index >= 15 is 0 Å². The van der Waals surface area contributed by atoms with Gasteiger partial charge >= 0.3 is 0 Å². The fourth-order valence-corrected chi connectivity index (χ4v) is 7.85. The zero-order valence-corrected chi connectivity index (χ0v) is 16.0. The van der Waals surface area contributed by atoms with Gasteiger partial charge in [-0.15, -0.1) is 0 Å². The molecule has 1 atom stereocenters. The van der Waals surface area contributed by atoms with E-state index in [-0.39, 0.29) is 13.1 Å². The molecule has 0 heterocycles. The van der Waals surface area contributed by atoms with Crippen LogP contribution in [0, 0.1) is 0 Å². The van der Waals surface area contributed by atoms with E-state index in [1.807, 2.05) is 18.2 Å². The van der Waals surface area contributed by atoms with Crippen LogP contribution < -0.4 is 5.30 Å². The van der Waals surface area contributed by atoms with Crippen LogP contribution in [0.15, 0.2) is 48.5 Å². The molecule has 0 aromatic heterocycles. The third-order valence-corrected chi connectivity index (χ3v) is 8.62. The van der Waals surface area contributed by atoms with Crippen LogP contribution in [0.1, 0.15) is 52.9 Å². The number of phenolic OH excluding ortho intramolecular Hbond substituents is 1. The smallest absolute Gasteiger partial charge is 0.123 e. The Bertz CT molecular complexity index is 680. The predicted molar refractivity (Wildman–Crippen MR) is 107 cm³/mol. The molecule has 128 valence electrons. The summed E-state index contributed by atoms with van der Waals surface area (Å²) in [5.41, 5.74) is 3.00. The zero-order valence-electron chi connectivity index (χ0n) is 15.1. The number of aromatic hydroxyl groups is 1. The quantitative estimate of drug-likeness (QED) is 0.650. The molecule has 0 spiro atoms. The largest absolute Gasteiger partial charge is 0.507 e. The van der Waals surface area contributed by atoms with Gasteiger partial charge in [0.1, 0.15) is 5.75 Å². The lowest BCUT2D eigenvalue weighted by Crippen LogP contribution is -2.29. The maximum absolute atomic E-state index is 10.4. The minimum absolute atomic E-state index is 0.276. The summed E-state index contributed by atoms with van der Waals surface area (Å²) in [5, 5.41) is 12.1. The van der Waals surface area contributed by atoms with Crippen molar-refractivity contribution < 1.29 is 5.11 Å². The molecule has 1 saturated carbocycles. The van der Waals surface area contributed by atoms with E-state index in [9.17, 15) is 5.11 Å². The van der Waals surface area contributed by atoms with Gasteiger partial charge in [-0.2, -0.15) is 0 Å². The lowest BCUT2D eigenvalue weighted by atomic mass is 10.0. The average Bonchev–Trinajstić information content (AvgIpc) is 2.56. The Labute approximate surface area is 147 Å². The van der Waals surface area contributed by atoms with E-state index in [0.717, 1.165) is 11.2 Å². The second-order valence-corrected chi connectivity index (χ2v) is 11.2. The molecular weight excluding hydrogens is 311 g/mol. The summed E-state index contributed by atoms with van der Waals surface area (Å²) in [6, 6.07) is 16.5. The molecule has 0 bridgehead atoms. The van der Waals surface area contributed by atoms with Gasteiger partial charge in [-0.1, -0.05) is 90.4 Å². The second kappa shape index (κ2) is 7.28. The van der Waals surface area contributed by atoms with Crippen molar-refractivity contribution in [3.8, 4) is 16.9 Å². The lowest BCUT2D eigenvalue weighted by molar-refractivity contribution is 0.477. The first-order valence-electron chi connectivity index (χ1n) is 9.15. The van der Waals surface area contributed by atoms with Crippen molar-refractivity contribution in [2.45, 2.75) is 63.7 Å². The minimum atomic E-state index is -0.283. The van der Waals surface area contributed by atoms with E-state index in [1.54, 1.807) is 6.07 Å². The number of benzene rings is 2. The van der Waals surface area contributed by atoms with Crippen molar-refractivity contribution in [3.05, 3.63) is 48.5 Å². The van der Waals surface area contributed by atoms with Gasteiger partial charge in [-0.25, -0.2) is 0 Å². The van der Waals surface area contributed by atoms with Crippen LogP contribution in [-0.2, 0) is 0 Å². The fraction of sp³-hybridized carbons (Fsp3) is 0.455. The number of hydrogen-bond donors (Lipinski definition) is 1. The van der Waals surface area contributed by atoms with E-state index in [0.29, 0.717) is 5.75 Å². The molecule has 0 amide bonds. The van der Waals surface area contributed by atoms with Crippen molar-refractivity contribution in [3.63, 3.8) is 0 Å². The predicted octanol–water partition coefficient (Wildman–Crippen LogP) is 6.30. The van der Waals surface area contributed by atoms with Gasteiger partial charge in [0.25, 0.3) is 0 Å². The first-order valence-corrected chi connectivity index (χ1v) is 10.6. The molecule has 1 nitrogen and oxygen atoms in total. The van der Waals surface area contributed by atoms with Gasteiger partial charge in [0.05, 0.1) is 0 Å². The Hall–Kier alpha value is -1.33. The number of rotatable bonds is 3. The summed E-state index contributed by atoms with van der Waals surface area (Å²) in [6.07, 6.45) is 6.86. The molecule has 1 unspecified atom stereocenters. The molecule has 1 aliphatic carbocycles. The summed E-state index contributed by atoms with van der Waals surface area (Å²) in [4.78, 5) is 0. The third-order valence-electron chi connectivity index (χ3n) is 5.02. The van der Waals surface area contributed by atoms with E-state index in [4.69, 9.17) is 0 Å². The topological polar surface area (TPSA) is 20.2 Å². The van der Waals surface area contributed by atoms with Crippen molar-refractivity contribution in [1.29, 1.82) is 0 Å². The molecule has 24 heavy (non-hydrogen) atoms. The van der Waals surface area contributed by atoms with Crippen LogP contribution in [0.25, 0.3) is 11.1 Å². The molecule has 2 heteroatoms. The Balaban J connectivity index is 2.10. The Morgan fingerprint density at radius 2 is 1.42 bits per heavy atom. The normalized spacial score (nSPS) is 17.6. The van der Waals surface area contributed by atoms with Crippen LogP contribution in [0.2, 0.25) is 0 Å². The van der Waals surface area contributed by atoms with Gasteiger partial charge in [-0.3, -0.25) is 0 Å². The van der Waals surface area contributed by atoms with Crippen molar-refractivity contribution >= 4 is 13.2 Å². The summed E-state index contributed by atoms with van der Waals surface area (Å²) in [6.45, 7) is 7.19. The van der Waals surface area contributed by atoms with Crippen molar-refractivity contribution in [2.24, 2.45) is 0 Å². The minimum Gasteiger partial charge on any atom is -0.507 e. The average molecular weight is 340 g/mol. The van der Waals surface area contributed by atoms with Crippen molar-refractivity contribution in [2.75, 3.05) is 0 Å². The maximum Gasteiger partial charge on any atom is 0.123 e. The molecule has 1 N–H and O–H groups in total. The van der Waals surface area contributed by atoms with Gasteiger partial charge in [0.2, 0.25) is 0 Å².